The van der Waals surface area contributed by atoms with Gasteiger partial charge in [0.1, 0.15) is 69.0 Å². The molecule has 0 saturated heterocycles. The molecular weight excluding hydrogens is 1230 g/mol. The third-order valence-corrected chi connectivity index (χ3v) is 15.7. The van der Waals surface area contributed by atoms with Crippen LogP contribution >= 0.6 is 0 Å². The highest BCUT2D eigenvalue weighted by Gasteiger charge is 2.22. The van der Waals surface area contributed by atoms with E-state index in [-0.39, 0.29) is 81.0 Å². The van der Waals surface area contributed by atoms with Crippen molar-refractivity contribution >= 4 is 47.4 Å². The maximum Gasteiger partial charge on any atom is 0.185 e. The minimum atomic E-state index is -0.224. The Morgan fingerprint density at radius 2 is 0.691 bits per heavy atom. The summed E-state index contributed by atoms with van der Waals surface area (Å²) in [6, 6.07) is 33.5. The van der Waals surface area contributed by atoms with Crippen LogP contribution < -0.4 is 18.9 Å². The number of rotatable bonds is 24. The fourth-order valence-electron chi connectivity index (χ4n) is 10.4. The number of hydrogen-bond donors (Lipinski definition) is 8. The molecule has 0 aliphatic heterocycles. The molecule has 0 saturated carbocycles. The standard InChI is InChI=1S/2C22H26O4.C20H22O4.C17H16O4/c1-13(2)18-12-19(14(3)4)22(26-5)17(21(18)25)10-11-20(24)15-6-8-16(23)9-7-15;1-4-6-16-14-17(7-5-2)22(26-3)19(21(16)25)12-13-20(24)15-8-10-18(23)11-9-15;1-4-13-12-14(5-2)20(24-3)17(19(13)23)10-11-18(22)15-6-8-16(21)9-7-15;1-11-3-10-16(21-2)14(17(11)20)8-9-15(19)12-4-6-13(18)7-5-12/h6-14,23,25H,1-5H3;8-14,23,25H,4-7H2,1-3H3;6-12,21,23H,4-5H2,1-3H3;3-10,18,20H,1-2H3/b11-10+;13-12+;11-10+;9-8+. The van der Waals surface area contributed by atoms with Crippen molar-refractivity contribution in [2.45, 2.75) is 113 Å². The Bertz CT molecular complexity index is 4110. The van der Waals surface area contributed by atoms with E-state index in [2.05, 4.69) is 27.7 Å². The van der Waals surface area contributed by atoms with Crippen molar-refractivity contribution in [3.8, 4) is 69.0 Å². The van der Waals surface area contributed by atoms with E-state index in [1.165, 1.54) is 98.2 Å². The van der Waals surface area contributed by atoms with Gasteiger partial charge >= 0.3 is 0 Å². The predicted octanol–water partition coefficient (Wildman–Crippen LogP) is 17.6. The van der Waals surface area contributed by atoms with Crippen molar-refractivity contribution in [2.24, 2.45) is 0 Å². The van der Waals surface area contributed by atoms with Crippen molar-refractivity contribution in [3.63, 3.8) is 0 Å². The molecule has 0 aliphatic rings. The molecule has 0 atom stereocenters. The Hall–Kier alpha value is -11.0. The molecule has 0 bridgehead atoms. The second-order valence-corrected chi connectivity index (χ2v) is 23.2. The monoisotopic (exact) mass is 1320 g/mol. The number of carbonyl (C=O) groups excluding carboxylic acids is 4. The lowest BCUT2D eigenvalue weighted by atomic mass is 9.90. The van der Waals surface area contributed by atoms with E-state index < -0.39 is 0 Å². The molecule has 16 nitrogen and oxygen atoms in total. The molecular formula is C81H90O16. The summed E-state index contributed by atoms with van der Waals surface area (Å²) in [6.45, 7) is 18.1. The summed E-state index contributed by atoms with van der Waals surface area (Å²) < 4.78 is 21.7. The van der Waals surface area contributed by atoms with Crippen molar-refractivity contribution in [3.05, 3.63) is 235 Å². The molecule has 0 unspecified atom stereocenters. The number of carbonyl (C=O) groups is 4. The largest absolute Gasteiger partial charge is 0.508 e. The van der Waals surface area contributed by atoms with E-state index in [1.54, 1.807) is 95.0 Å². The minimum Gasteiger partial charge on any atom is -0.508 e. The maximum atomic E-state index is 12.4. The second kappa shape index (κ2) is 37.2. The fraction of sp³-hybridized carbons (Fsp3) is 0.259. The SMILES string of the molecule is CCCc1cc(CCC)c(OC)c(/C=C/C(=O)c2ccc(O)cc2)c1O.CCc1cc(CC)c(OC)c(/C=C/C(=O)c2ccc(O)cc2)c1O.COc1c(C(C)C)cc(C(C)C)c(O)c1/C=C/C(=O)c1ccc(O)cc1.COc1ccc(C)c(O)c1/C=C/C(=O)c1ccc(O)cc1. The Morgan fingerprint density at radius 1 is 0.361 bits per heavy atom. The Balaban J connectivity index is 0.000000234. The van der Waals surface area contributed by atoms with Crippen LogP contribution in [0.25, 0.3) is 24.3 Å². The summed E-state index contributed by atoms with van der Waals surface area (Å²) in [5.41, 5.74) is 10.1. The minimum absolute atomic E-state index is 0.0871. The van der Waals surface area contributed by atoms with Gasteiger partial charge in [0.05, 0.1) is 50.7 Å². The van der Waals surface area contributed by atoms with Gasteiger partial charge in [-0.25, -0.2) is 0 Å². The summed E-state index contributed by atoms with van der Waals surface area (Å²) in [5.74, 6) is 2.72. The van der Waals surface area contributed by atoms with Crippen LogP contribution in [-0.2, 0) is 25.7 Å². The molecule has 0 radical (unpaired) electrons. The Labute approximate surface area is 569 Å². The topological polar surface area (TPSA) is 267 Å². The quantitative estimate of drug-likeness (QED) is 0.0206. The lowest BCUT2D eigenvalue weighted by molar-refractivity contribution is 0.103. The van der Waals surface area contributed by atoms with Gasteiger partial charge < -0.3 is 59.8 Å². The number of benzene rings is 8. The van der Waals surface area contributed by atoms with Crippen LogP contribution in [0.15, 0.2) is 152 Å². The highest BCUT2D eigenvalue weighted by molar-refractivity contribution is 6.09. The summed E-state index contributed by atoms with van der Waals surface area (Å²) in [6.07, 6.45) is 16.9. The molecule has 510 valence electrons. The van der Waals surface area contributed by atoms with Gasteiger partial charge in [-0.1, -0.05) is 74.3 Å². The van der Waals surface area contributed by atoms with Crippen LogP contribution in [-0.4, -0.2) is 92.4 Å². The lowest BCUT2D eigenvalue weighted by Crippen LogP contribution is -2.02. The van der Waals surface area contributed by atoms with Gasteiger partial charge in [0, 0.05) is 22.3 Å². The number of methoxy groups -OCH3 is 4. The second-order valence-electron chi connectivity index (χ2n) is 23.2. The molecule has 8 aromatic rings. The number of ether oxygens (including phenoxy) is 4. The third-order valence-electron chi connectivity index (χ3n) is 15.7. The first-order valence-corrected chi connectivity index (χ1v) is 32.0. The van der Waals surface area contributed by atoms with Crippen molar-refractivity contribution < 1.29 is 79.0 Å². The van der Waals surface area contributed by atoms with Crippen LogP contribution in [0.4, 0.5) is 0 Å². The van der Waals surface area contributed by atoms with Gasteiger partial charge in [-0.05, 0) is 253 Å². The van der Waals surface area contributed by atoms with E-state index in [9.17, 15) is 60.0 Å². The van der Waals surface area contributed by atoms with Crippen LogP contribution in [0, 0.1) is 6.92 Å². The number of allylic oxidation sites excluding steroid dienone is 4. The van der Waals surface area contributed by atoms with E-state index in [0.29, 0.717) is 79.5 Å². The first-order chi connectivity index (χ1) is 46.3. The molecule has 16 heteroatoms. The smallest absolute Gasteiger partial charge is 0.185 e. The van der Waals surface area contributed by atoms with Crippen molar-refractivity contribution in [1.29, 1.82) is 0 Å². The van der Waals surface area contributed by atoms with Crippen molar-refractivity contribution in [1.82, 2.24) is 0 Å². The van der Waals surface area contributed by atoms with E-state index in [4.69, 9.17) is 18.9 Å². The molecule has 0 amide bonds. The van der Waals surface area contributed by atoms with Gasteiger partial charge in [-0.3, -0.25) is 19.2 Å². The van der Waals surface area contributed by atoms with Crippen LogP contribution in [0.2, 0.25) is 0 Å². The Morgan fingerprint density at radius 3 is 1.03 bits per heavy atom. The first kappa shape index (κ1) is 76.7. The summed E-state index contributed by atoms with van der Waals surface area (Å²) in [4.78, 5) is 49.1. The molecule has 0 heterocycles. The molecule has 0 fully saturated rings. The summed E-state index contributed by atoms with van der Waals surface area (Å²) in [7, 11) is 6.20. The molecule has 8 N–H and O–H groups in total. The molecule has 97 heavy (non-hydrogen) atoms. The maximum absolute atomic E-state index is 12.4. The Kier molecular flexibility index (Phi) is 29.4. The normalized spacial score (nSPS) is 11.1. The van der Waals surface area contributed by atoms with E-state index in [0.717, 1.165) is 65.5 Å². The fourth-order valence-corrected chi connectivity index (χ4v) is 10.4. The predicted molar refractivity (Wildman–Crippen MR) is 384 cm³/mol. The average molecular weight is 1320 g/mol. The molecule has 0 aromatic heterocycles. The van der Waals surface area contributed by atoms with E-state index in [1.807, 2.05) is 45.9 Å². The van der Waals surface area contributed by atoms with Crippen LogP contribution in [0.5, 0.6) is 69.0 Å². The lowest BCUT2D eigenvalue weighted by Gasteiger charge is -2.20. The van der Waals surface area contributed by atoms with Crippen LogP contribution in [0.3, 0.4) is 0 Å². The highest BCUT2D eigenvalue weighted by atomic mass is 16.5. The number of phenols is 8. The zero-order valence-corrected chi connectivity index (χ0v) is 57.5. The molecule has 0 spiro atoms. The van der Waals surface area contributed by atoms with Gasteiger partial charge in [-0.2, -0.15) is 0 Å². The first-order valence-electron chi connectivity index (χ1n) is 32.0. The molecule has 8 rings (SSSR count). The number of hydrogen-bond acceptors (Lipinski definition) is 16. The number of aromatic hydroxyl groups is 8. The summed E-state index contributed by atoms with van der Waals surface area (Å²) >= 11 is 0. The van der Waals surface area contributed by atoms with Crippen LogP contribution in [0.1, 0.15) is 183 Å². The summed E-state index contributed by atoms with van der Waals surface area (Å²) in [5, 5.41) is 79.1. The van der Waals surface area contributed by atoms with Crippen molar-refractivity contribution in [2.75, 3.05) is 28.4 Å². The van der Waals surface area contributed by atoms with Gasteiger partial charge in [-0.15, -0.1) is 0 Å². The molecule has 0 aliphatic carbocycles. The number of aryl methyl sites for hydroxylation is 5. The van der Waals surface area contributed by atoms with Gasteiger partial charge in [0.2, 0.25) is 0 Å². The third kappa shape index (κ3) is 20.7. The zero-order valence-electron chi connectivity index (χ0n) is 57.5. The number of phenolic OH excluding ortho intramolecular Hbond substituents is 8. The van der Waals surface area contributed by atoms with Gasteiger partial charge in [0.15, 0.2) is 23.1 Å². The molecule has 8 aromatic carbocycles. The zero-order chi connectivity index (χ0) is 71.6. The average Bonchev–Trinajstić information content (AvgIpc) is 0.808. The highest BCUT2D eigenvalue weighted by Crippen LogP contribution is 2.43. The van der Waals surface area contributed by atoms with E-state index >= 15 is 0 Å². The van der Waals surface area contributed by atoms with Gasteiger partial charge in [0.25, 0.3) is 0 Å². The number of ketones is 4.